The molecule has 1 saturated carbocycles. The summed E-state index contributed by atoms with van der Waals surface area (Å²) in [6.07, 6.45) is 2.64. The summed E-state index contributed by atoms with van der Waals surface area (Å²) in [5.41, 5.74) is 5.14. The molecule has 4 heterocycles. The molecule has 4 aliphatic heterocycles. The molecule has 11 heteroatoms. The summed E-state index contributed by atoms with van der Waals surface area (Å²) in [5.74, 6) is -4.83. The van der Waals surface area contributed by atoms with Gasteiger partial charge in [0, 0.05) is 49.0 Å². The highest BCUT2D eigenvalue weighted by atomic mass is 16.5. The fourth-order valence-electron chi connectivity index (χ4n) is 9.65. The van der Waals surface area contributed by atoms with Gasteiger partial charge in [0.05, 0.1) is 61.5 Å². The summed E-state index contributed by atoms with van der Waals surface area (Å²) in [5, 5.41) is 11.4. The number of aromatic hydroxyl groups is 1. The molecule has 1 N–H and O–H groups in total. The predicted octanol–water partition coefficient (Wildman–Crippen LogP) is 4.42. The number of nitrogens with zero attached hydrogens (tertiary/aromatic N) is 4. The topological polar surface area (TPSA) is 120 Å². The highest BCUT2D eigenvalue weighted by Gasteiger charge is 2.62. The van der Waals surface area contributed by atoms with Gasteiger partial charge in [0.25, 0.3) is 0 Å². The van der Waals surface area contributed by atoms with Crippen molar-refractivity contribution in [1.29, 1.82) is 0 Å². The first-order valence-corrected chi connectivity index (χ1v) is 18.4. The van der Waals surface area contributed by atoms with Crippen LogP contribution in [0.3, 0.4) is 0 Å². The number of allylic oxidation sites excluding steroid dienone is 2. The van der Waals surface area contributed by atoms with E-state index in [9.17, 15) is 24.3 Å². The Kier molecular flexibility index (Phi) is 8.15. The molecule has 52 heavy (non-hydrogen) atoms. The minimum atomic E-state index is -0.755. The zero-order valence-corrected chi connectivity index (χ0v) is 29.1. The van der Waals surface area contributed by atoms with Gasteiger partial charge >= 0.3 is 0 Å². The Bertz CT molecular complexity index is 1970. The number of fused-ring (bicyclic) bond motifs is 4. The lowest BCUT2D eigenvalue weighted by molar-refractivity contribution is -0.126. The fourth-order valence-corrected chi connectivity index (χ4v) is 9.65. The molecule has 9 rings (SSSR count). The molecule has 0 aromatic heterocycles. The molecule has 6 aliphatic rings. The maximum atomic E-state index is 14.5. The number of ether oxygens (including phenoxy) is 2. The van der Waals surface area contributed by atoms with E-state index in [-0.39, 0.29) is 35.8 Å². The van der Waals surface area contributed by atoms with Gasteiger partial charge in [-0.2, -0.15) is 0 Å². The molecule has 0 radical (unpaired) electrons. The van der Waals surface area contributed by atoms with Crippen LogP contribution in [-0.4, -0.2) is 81.3 Å². The number of hydrogen-bond donors (Lipinski definition) is 1. The molecule has 5 fully saturated rings. The average molecular weight is 703 g/mol. The number of hydrogen-bond acceptors (Lipinski definition) is 9. The number of aryl methyl sites for hydroxylation is 1. The summed E-state index contributed by atoms with van der Waals surface area (Å²) >= 11 is 0. The van der Waals surface area contributed by atoms with Gasteiger partial charge in [-0.25, -0.2) is 0 Å². The first kappa shape index (κ1) is 32.9. The molecule has 4 saturated heterocycles. The van der Waals surface area contributed by atoms with Crippen LogP contribution in [0.25, 0.3) is 0 Å². The maximum Gasteiger partial charge on any atom is 0.238 e. The molecule has 0 bridgehead atoms. The van der Waals surface area contributed by atoms with E-state index in [0.717, 1.165) is 43.1 Å². The van der Waals surface area contributed by atoms with Crippen molar-refractivity contribution in [2.45, 2.75) is 25.7 Å². The molecule has 0 spiro atoms. The molecule has 3 aromatic carbocycles. The van der Waals surface area contributed by atoms with E-state index in [2.05, 4.69) is 9.80 Å². The van der Waals surface area contributed by atoms with Crippen molar-refractivity contribution in [1.82, 2.24) is 0 Å². The number of imide groups is 2. The van der Waals surface area contributed by atoms with Crippen LogP contribution in [0.1, 0.15) is 29.9 Å². The Morgan fingerprint density at radius 3 is 1.65 bits per heavy atom. The van der Waals surface area contributed by atoms with E-state index < -0.39 is 35.5 Å². The van der Waals surface area contributed by atoms with Crippen molar-refractivity contribution in [3.05, 3.63) is 89.5 Å². The van der Waals surface area contributed by atoms with Gasteiger partial charge in [-0.3, -0.25) is 29.0 Å². The monoisotopic (exact) mass is 702 g/mol. The van der Waals surface area contributed by atoms with E-state index in [4.69, 9.17) is 9.47 Å². The summed E-state index contributed by atoms with van der Waals surface area (Å²) in [7, 11) is 0. The minimum Gasteiger partial charge on any atom is -0.507 e. The number of carbonyl (C=O) groups is 4. The smallest absolute Gasteiger partial charge is 0.238 e. The molecule has 4 amide bonds. The number of morpholine rings is 2. The van der Waals surface area contributed by atoms with Gasteiger partial charge in [-0.15, -0.1) is 0 Å². The summed E-state index contributed by atoms with van der Waals surface area (Å²) in [6, 6.07) is 20.5. The van der Waals surface area contributed by atoms with Gasteiger partial charge in [0.15, 0.2) is 0 Å². The second-order valence-electron chi connectivity index (χ2n) is 14.8. The molecule has 268 valence electrons. The number of rotatable bonds is 5. The van der Waals surface area contributed by atoms with Gasteiger partial charge in [-0.1, -0.05) is 29.8 Å². The van der Waals surface area contributed by atoms with E-state index in [1.54, 1.807) is 0 Å². The fraction of sp³-hybridized carbons (Fsp3) is 0.415. The molecule has 2 aliphatic carbocycles. The van der Waals surface area contributed by atoms with Crippen LogP contribution in [0.2, 0.25) is 0 Å². The van der Waals surface area contributed by atoms with Crippen LogP contribution in [-0.2, 0) is 28.7 Å². The third-order valence-electron chi connectivity index (χ3n) is 12.2. The van der Waals surface area contributed by atoms with Crippen molar-refractivity contribution in [3.8, 4) is 5.75 Å². The third kappa shape index (κ3) is 5.16. The normalized spacial score (nSPS) is 28.9. The SMILES string of the molecule is Cc1cccc(C2C3=CCC4C(=O)N(c5ccc(N6CCOCC6)cc5)C(=O)C4C3CC3C(=O)N(c4ccc(N5CCOCC5)cc4)C(=O)C32)c1O. The van der Waals surface area contributed by atoms with E-state index in [1.807, 2.05) is 79.7 Å². The lowest BCUT2D eigenvalue weighted by Gasteiger charge is -2.44. The van der Waals surface area contributed by atoms with Crippen molar-refractivity contribution < 1.29 is 33.8 Å². The number of phenolic OH excluding ortho intramolecular Hbond substituents is 1. The third-order valence-corrected chi connectivity index (χ3v) is 12.2. The first-order valence-electron chi connectivity index (χ1n) is 18.4. The Hall–Kier alpha value is -5.00. The van der Waals surface area contributed by atoms with Crippen LogP contribution in [0.4, 0.5) is 22.7 Å². The minimum absolute atomic E-state index is 0.0827. The lowest BCUT2D eigenvalue weighted by atomic mass is 9.57. The van der Waals surface area contributed by atoms with Gasteiger partial charge in [-0.05, 0) is 79.8 Å². The van der Waals surface area contributed by atoms with Gasteiger partial charge in [0.2, 0.25) is 23.6 Å². The van der Waals surface area contributed by atoms with Gasteiger partial charge < -0.3 is 24.4 Å². The number of carbonyl (C=O) groups excluding carboxylic acids is 4. The lowest BCUT2D eigenvalue weighted by Crippen LogP contribution is -2.43. The van der Waals surface area contributed by atoms with E-state index in [0.29, 0.717) is 55.4 Å². The second kappa shape index (κ2) is 12.9. The number of benzene rings is 3. The molecule has 6 atom stereocenters. The Labute approximate surface area is 302 Å². The van der Waals surface area contributed by atoms with Crippen molar-refractivity contribution in [2.24, 2.45) is 29.6 Å². The van der Waals surface area contributed by atoms with Gasteiger partial charge in [0.1, 0.15) is 5.75 Å². The molecule has 3 aromatic rings. The van der Waals surface area contributed by atoms with Crippen molar-refractivity contribution in [2.75, 3.05) is 72.2 Å². The predicted molar refractivity (Wildman–Crippen MR) is 194 cm³/mol. The zero-order valence-electron chi connectivity index (χ0n) is 29.1. The molecule has 6 unspecified atom stereocenters. The Morgan fingerprint density at radius 1 is 0.596 bits per heavy atom. The number of para-hydroxylation sites is 1. The summed E-state index contributed by atoms with van der Waals surface area (Å²) in [6.45, 7) is 7.50. The van der Waals surface area contributed by atoms with Crippen LogP contribution >= 0.6 is 0 Å². The Balaban J connectivity index is 1.06. The van der Waals surface area contributed by atoms with Crippen LogP contribution in [0.15, 0.2) is 78.4 Å². The number of anilines is 4. The highest BCUT2D eigenvalue weighted by Crippen LogP contribution is 2.59. The highest BCUT2D eigenvalue weighted by molar-refractivity contribution is 6.24. The largest absolute Gasteiger partial charge is 0.507 e. The summed E-state index contributed by atoms with van der Waals surface area (Å²) in [4.78, 5) is 64.6. The van der Waals surface area contributed by atoms with Crippen molar-refractivity contribution in [3.63, 3.8) is 0 Å². The number of phenols is 1. The van der Waals surface area contributed by atoms with Crippen LogP contribution in [0.5, 0.6) is 5.75 Å². The number of amides is 4. The maximum absolute atomic E-state index is 14.5. The summed E-state index contributed by atoms with van der Waals surface area (Å²) < 4.78 is 11.0. The Morgan fingerprint density at radius 2 is 1.10 bits per heavy atom. The van der Waals surface area contributed by atoms with Crippen LogP contribution < -0.4 is 19.6 Å². The zero-order chi connectivity index (χ0) is 35.7. The standard InChI is InChI=1S/C41H42N4O7/c1-24-3-2-4-30(37(24)46)34-29-13-14-31-35(40(49)44(38(31)47)27-9-5-25(6-10-27)42-15-19-51-20-16-42)32(29)23-33-36(34)41(50)45(39(33)48)28-11-7-26(8-12-28)43-17-21-52-22-18-43/h2-13,31-36,46H,14-23H2,1H3. The van der Waals surface area contributed by atoms with E-state index in [1.165, 1.54) is 9.80 Å². The molecular weight excluding hydrogens is 660 g/mol. The molecular formula is C41H42N4O7. The molecule has 11 nitrogen and oxygen atoms in total. The van der Waals surface area contributed by atoms with E-state index >= 15 is 0 Å². The second-order valence-corrected chi connectivity index (χ2v) is 14.8. The quantitative estimate of drug-likeness (QED) is 0.305. The average Bonchev–Trinajstić information content (AvgIpc) is 3.59. The van der Waals surface area contributed by atoms with Crippen molar-refractivity contribution >= 4 is 46.4 Å². The first-order chi connectivity index (χ1) is 25.3. The van der Waals surface area contributed by atoms with Crippen LogP contribution in [0, 0.1) is 36.5 Å².